The largest absolute Gasteiger partial charge is 0.497 e. The Hall–Kier alpha value is -1.55. The van der Waals surface area contributed by atoms with E-state index in [-0.39, 0.29) is 5.91 Å². The van der Waals surface area contributed by atoms with Crippen molar-refractivity contribution in [2.24, 2.45) is 0 Å². The summed E-state index contributed by atoms with van der Waals surface area (Å²) >= 11 is 0. The summed E-state index contributed by atoms with van der Waals surface area (Å²) in [6, 6.07) is 6.96. The van der Waals surface area contributed by atoms with E-state index in [0.29, 0.717) is 17.9 Å². The molecule has 2 rings (SSSR count). The first kappa shape index (κ1) is 11.9. The highest BCUT2D eigenvalue weighted by Gasteiger charge is 2.34. The molecule has 1 aliphatic rings. The van der Waals surface area contributed by atoms with Crippen molar-refractivity contribution in [1.82, 2.24) is 5.32 Å². The van der Waals surface area contributed by atoms with Crippen LogP contribution >= 0.6 is 0 Å². The van der Waals surface area contributed by atoms with Gasteiger partial charge in [-0.15, -0.1) is 0 Å². The molecule has 17 heavy (non-hydrogen) atoms. The average molecular weight is 235 g/mol. The second-order valence-corrected chi connectivity index (χ2v) is 4.49. The number of nitrogens with one attached hydrogen (secondary N) is 1. The quantitative estimate of drug-likeness (QED) is 0.828. The maximum Gasteiger partial charge on any atom is 0.251 e. The Balaban J connectivity index is 1.94. The summed E-state index contributed by atoms with van der Waals surface area (Å²) in [4.78, 5) is 11.8. The zero-order valence-electron chi connectivity index (χ0n) is 9.90. The molecule has 0 unspecified atom stereocenters. The lowest BCUT2D eigenvalue weighted by atomic mass is 9.80. The van der Waals surface area contributed by atoms with Crippen LogP contribution in [-0.4, -0.2) is 30.3 Å². The van der Waals surface area contributed by atoms with E-state index < -0.39 is 5.60 Å². The maximum atomic E-state index is 11.8. The van der Waals surface area contributed by atoms with Crippen LogP contribution in [-0.2, 0) is 0 Å². The summed E-state index contributed by atoms with van der Waals surface area (Å²) in [5.41, 5.74) is -0.138. The summed E-state index contributed by atoms with van der Waals surface area (Å²) in [6.45, 7) is 0.322. The van der Waals surface area contributed by atoms with Gasteiger partial charge in [0.25, 0.3) is 5.91 Å². The van der Waals surface area contributed by atoms with Gasteiger partial charge in [-0.05, 0) is 37.5 Å². The van der Waals surface area contributed by atoms with Gasteiger partial charge in [0, 0.05) is 12.1 Å². The van der Waals surface area contributed by atoms with Crippen LogP contribution < -0.4 is 10.1 Å². The van der Waals surface area contributed by atoms with E-state index in [0.717, 1.165) is 19.3 Å². The molecule has 1 aromatic rings. The zero-order valence-corrected chi connectivity index (χ0v) is 9.90. The third-order valence-electron chi connectivity index (χ3n) is 3.19. The lowest BCUT2D eigenvalue weighted by Crippen LogP contribution is -2.47. The van der Waals surface area contributed by atoms with Crippen molar-refractivity contribution >= 4 is 5.91 Å². The lowest BCUT2D eigenvalue weighted by molar-refractivity contribution is -0.0300. The number of carbonyl (C=O) groups is 1. The summed E-state index contributed by atoms with van der Waals surface area (Å²) in [6.07, 6.45) is 2.57. The van der Waals surface area contributed by atoms with Crippen LogP contribution in [0.25, 0.3) is 0 Å². The highest BCUT2D eigenvalue weighted by Crippen LogP contribution is 2.30. The molecule has 92 valence electrons. The van der Waals surface area contributed by atoms with Crippen molar-refractivity contribution in [2.75, 3.05) is 13.7 Å². The highest BCUT2D eigenvalue weighted by atomic mass is 16.5. The monoisotopic (exact) mass is 235 g/mol. The van der Waals surface area contributed by atoms with Crippen LogP contribution in [0.15, 0.2) is 24.3 Å². The van der Waals surface area contributed by atoms with E-state index in [1.807, 2.05) is 0 Å². The summed E-state index contributed by atoms with van der Waals surface area (Å²) in [5, 5.41) is 12.6. The van der Waals surface area contributed by atoms with Gasteiger partial charge in [0.1, 0.15) is 5.75 Å². The smallest absolute Gasteiger partial charge is 0.251 e. The van der Waals surface area contributed by atoms with Crippen LogP contribution in [0.4, 0.5) is 0 Å². The molecule has 4 heteroatoms. The van der Waals surface area contributed by atoms with Gasteiger partial charge in [0.15, 0.2) is 0 Å². The first-order valence-corrected chi connectivity index (χ1v) is 5.78. The molecule has 0 heterocycles. The number of hydrogen-bond donors (Lipinski definition) is 2. The molecule has 0 saturated heterocycles. The van der Waals surface area contributed by atoms with Gasteiger partial charge in [-0.25, -0.2) is 0 Å². The van der Waals surface area contributed by atoms with Gasteiger partial charge in [-0.3, -0.25) is 4.79 Å². The number of aliphatic hydroxyl groups is 1. The Morgan fingerprint density at radius 2 is 2.29 bits per heavy atom. The van der Waals surface area contributed by atoms with Crippen LogP contribution in [0.3, 0.4) is 0 Å². The fourth-order valence-corrected chi connectivity index (χ4v) is 1.87. The van der Waals surface area contributed by atoms with Crippen LogP contribution in [0.1, 0.15) is 29.6 Å². The number of benzene rings is 1. The Kier molecular flexibility index (Phi) is 3.33. The Labute approximate surface area is 101 Å². The zero-order chi connectivity index (χ0) is 12.3. The predicted molar refractivity (Wildman–Crippen MR) is 64.1 cm³/mol. The van der Waals surface area contributed by atoms with E-state index in [1.54, 1.807) is 31.4 Å². The Morgan fingerprint density at radius 1 is 1.53 bits per heavy atom. The molecule has 0 aliphatic heterocycles. The van der Waals surface area contributed by atoms with Crippen molar-refractivity contribution in [3.8, 4) is 5.75 Å². The van der Waals surface area contributed by atoms with E-state index >= 15 is 0 Å². The molecule has 0 aromatic heterocycles. The third kappa shape index (κ3) is 2.77. The molecule has 1 fully saturated rings. The van der Waals surface area contributed by atoms with E-state index in [2.05, 4.69) is 5.32 Å². The number of carbonyl (C=O) groups excluding carboxylic acids is 1. The molecule has 4 nitrogen and oxygen atoms in total. The molecule has 2 N–H and O–H groups in total. The van der Waals surface area contributed by atoms with Gasteiger partial charge in [0.05, 0.1) is 12.7 Å². The third-order valence-corrected chi connectivity index (χ3v) is 3.19. The molecular weight excluding hydrogens is 218 g/mol. The standard InChI is InChI=1S/C13H17NO3/c1-17-11-5-2-4-10(8-11)12(15)14-9-13(16)6-3-7-13/h2,4-5,8,16H,3,6-7,9H2,1H3,(H,14,15). The van der Waals surface area contributed by atoms with Crippen molar-refractivity contribution in [2.45, 2.75) is 24.9 Å². The predicted octanol–water partition coefficient (Wildman–Crippen LogP) is 1.34. The van der Waals surface area contributed by atoms with Crippen molar-refractivity contribution < 1.29 is 14.6 Å². The van der Waals surface area contributed by atoms with E-state index in [1.165, 1.54) is 0 Å². The maximum absolute atomic E-state index is 11.8. The average Bonchev–Trinajstić information content (AvgIpc) is 2.33. The van der Waals surface area contributed by atoms with E-state index in [9.17, 15) is 9.90 Å². The highest BCUT2D eigenvalue weighted by molar-refractivity contribution is 5.94. The minimum atomic E-state index is -0.686. The number of amides is 1. The molecule has 1 aromatic carbocycles. The van der Waals surface area contributed by atoms with Gasteiger partial charge < -0.3 is 15.2 Å². The van der Waals surface area contributed by atoms with E-state index in [4.69, 9.17) is 4.74 Å². The Morgan fingerprint density at radius 3 is 2.88 bits per heavy atom. The molecule has 0 radical (unpaired) electrons. The fraction of sp³-hybridized carbons (Fsp3) is 0.462. The van der Waals surface area contributed by atoms with Crippen LogP contribution in [0, 0.1) is 0 Å². The topological polar surface area (TPSA) is 58.6 Å². The summed E-state index contributed by atoms with van der Waals surface area (Å²) in [5.74, 6) is 0.476. The first-order chi connectivity index (χ1) is 8.13. The Bertz CT molecular complexity index is 413. The number of ether oxygens (including phenoxy) is 1. The molecular formula is C13H17NO3. The van der Waals surface area contributed by atoms with Crippen molar-refractivity contribution in [3.05, 3.63) is 29.8 Å². The van der Waals surface area contributed by atoms with Gasteiger partial charge >= 0.3 is 0 Å². The SMILES string of the molecule is COc1cccc(C(=O)NCC2(O)CCC2)c1. The normalized spacial score (nSPS) is 17.1. The number of methoxy groups -OCH3 is 1. The minimum absolute atomic E-state index is 0.177. The van der Waals surface area contributed by atoms with Crippen molar-refractivity contribution in [3.63, 3.8) is 0 Å². The molecule has 0 atom stereocenters. The van der Waals surface area contributed by atoms with Crippen LogP contribution in [0.5, 0.6) is 5.75 Å². The van der Waals surface area contributed by atoms with Crippen LogP contribution in [0.2, 0.25) is 0 Å². The molecule has 1 amide bonds. The number of hydrogen-bond acceptors (Lipinski definition) is 3. The minimum Gasteiger partial charge on any atom is -0.497 e. The molecule has 1 aliphatic carbocycles. The second kappa shape index (κ2) is 4.75. The molecule has 0 spiro atoms. The second-order valence-electron chi connectivity index (χ2n) is 4.49. The lowest BCUT2D eigenvalue weighted by Gasteiger charge is -2.36. The fourth-order valence-electron chi connectivity index (χ4n) is 1.87. The first-order valence-electron chi connectivity index (χ1n) is 5.78. The number of rotatable bonds is 4. The molecule has 0 bridgehead atoms. The summed E-state index contributed by atoms with van der Waals surface area (Å²) in [7, 11) is 1.56. The molecule has 1 saturated carbocycles. The summed E-state index contributed by atoms with van der Waals surface area (Å²) < 4.78 is 5.05. The van der Waals surface area contributed by atoms with Gasteiger partial charge in [0.2, 0.25) is 0 Å². The van der Waals surface area contributed by atoms with Gasteiger partial charge in [-0.2, -0.15) is 0 Å². The van der Waals surface area contributed by atoms with Gasteiger partial charge in [-0.1, -0.05) is 6.07 Å². The van der Waals surface area contributed by atoms with Crippen molar-refractivity contribution in [1.29, 1.82) is 0 Å².